The van der Waals surface area contributed by atoms with Crippen molar-refractivity contribution in [3.63, 3.8) is 0 Å². The zero-order valence-corrected chi connectivity index (χ0v) is 8.11. The second-order valence-electron chi connectivity index (χ2n) is 2.65. The van der Waals surface area contributed by atoms with Crippen LogP contribution in [0.3, 0.4) is 0 Å². The van der Waals surface area contributed by atoms with Crippen molar-refractivity contribution in [1.29, 1.82) is 0 Å². The van der Waals surface area contributed by atoms with Gasteiger partial charge in [0.2, 0.25) is 0 Å². The molecule has 0 aliphatic heterocycles. The first kappa shape index (κ1) is 9.87. The van der Waals surface area contributed by atoms with Gasteiger partial charge < -0.3 is 4.90 Å². The number of nitrogens with two attached hydrogens (primary N) is 1. The molecule has 1 aromatic heterocycles. The molecule has 0 aliphatic carbocycles. The van der Waals surface area contributed by atoms with Gasteiger partial charge in [-0.05, 0) is 0 Å². The first-order valence-electron chi connectivity index (χ1n) is 3.43. The van der Waals surface area contributed by atoms with Gasteiger partial charge in [0.25, 0.3) is 10.0 Å². The van der Waals surface area contributed by atoms with Crippen LogP contribution in [0.5, 0.6) is 0 Å². The molecule has 0 fully saturated rings. The first-order valence-corrected chi connectivity index (χ1v) is 4.98. The third-order valence-electron chi connectivity index (χ3n) is 1.35. The summed E-state index contributed by atoms with van der Waals surface area (Å²) in [6.07, 6.45) is 2.57. The Labute approximate surface area is 76.5 Å². The zero-order chi connectivity index (χ0) is 10.1. The number of primary sulfonamides is 1. The van der Waals surface area contributed by atoms with Crippen LogP contribution in [0.15, 0.2) is 17.4 Å². The fourth-order valence-electron chi connectivity index (χ4n) is 0.691. The van der Waals surface area contributed by atoms with Crippen molar-refractivity contribution in [1.82, 2.24) is 9.97 Å². The van der Waals surface area contributed by atoms with Crippen LogP contribution in [0, 0.1) is 0 Å². The molecule has 0 atom stereocenters. The average Bonchev–Trinajstić information content (AvgIpc) is 2.03. The molecular weight excluding hydrogens is 192 g/mol. The maximum absolute atomic E-state index is 10.9. The number of hydrogen-bond acceptors (Lipinski definition) is 5. The molecule has 0 saturated carbocycles. The van der Waals surface area contributed by atoms with Crippen molar-refractivity contribution < 1.29 is 8.42 Å². The summed E-state index contributed by atoms with van der Waals surface area (Å²) in [5, 5.41) is 4.65. The Hall–Kier alpha value is -1.21. The van der Waals surface area contributed by atoms with Crippen molar-refractivity contribution in [2.45, 2.75) is 5.03 Å². The highest BCUT2D eigenvalue weighted by Gasteiger charge is 2.10. The molecule has 72 valence electrons. The quantitative estimate of drug-likeness (QED) is 0.677. The van der Waals surface area contributed by atoms with E-state index in [1.54, 1.807) is 19.0 Å². The fraction of sp³-hybridized carbons (Fsp3) is 0.333. The van der Waals surface area contributed by atoms with E-state index in [9.17, 15) is 8.42 Å². The Kier molecular flexibility index (Phi) is 2.48. The maximum Gasteiger partial charge on any atom is 0.257 e. The summed E-state index contributed by atoms with van der Waals surface area (Å²) in [5.41, 5.74) is 0. The highest BCUT2D eigenvalue weighted by atomic mass is 32.2. The van der Waals surface area contributed by atoms with Crippen LogP contribution >= 0.6 is 0 Å². The molecule has 0 amide bonds. The van der Waals surface area contributed by atoms with Crippen LogP contribution in [0.1, 0.15) is 0 Å². The summed E-state index contributed by atoms with van der Waals surface area (Å²) in [5.74, 6) is 0.450. The molecule has 0 unspecified atom stereocenters. The van der Waals surface area contributed by atoms with E-state index in [4.69, 9.17) is 5.14 Å². The highest BCUT2D eigenvalue weighted by molar-refractivity contribution is 7.89. The van der Waals surface area contributed by atoms with Crippen molar-refractivity contribution in [2.75, 3.05) is 19.0 Å². The predicted molar refractivity (Wildman–Crippen MR) is 47.7 cm³/mol. The summed E-state index contributed by atoms with van der Waals surface area (Å²) in [6.45, 7) is 0. The molecule has 1 aromatic rings. The lowest BCUT2D eigenvalue weighted by molar-refractivity contribution is 0.593. The van der Waals surface area contributed by atoms with Crippen molar-refractivity contribution >= 4 is 15.8 Å². The second kappa shape index (κ2) is 3.27. The standard InChI is InChI=1S/C6H10N4O2S/c1-10(2)5-3-8-4-6(9-5)13(7,11)12/h3-4H,1-2H3,(H2,7,11,12). The van der Waals surface area contributed by atoms with Gasteiger partial charge >= 0.3 is 0 Å². The van der Waals surface area contributed by atoms with E-state index < -0.39 is 10.0 Å². The molecule has 0 aliphatic rings. The van der Waals surface area contributed by atoms with Gasteiger partial charge in [-0.3, -0.25) is 4.98 Å². The van der Waals surface area contributed by atoms with Crippen LogP contribution in [0.4, 0.5) is 5.82 Å². The molecule has 1 rings (SSSR count). The van der Waals surface area contributed by atoms with E-state index in [0.29, 0.717) is 5.82 Å². The van der Waals surface area contributed by atoms with E-state index in [2.05, 4.69) is 9.97 Å². The number of aromatic nitrogens is 2. The third-order valence-corrected chi connectivity index (χ3v) is 2.13. The van der Waals surface area contributed by atoms with Crippen LogP contribution < -0.4 is 10.0 Å². The molecule has 7 heteroatoms. The molecule has 0 aromatic carbocycles. The lowest BCUT2D eigenvalue weighted by Crippen LogP contribution is -2.17. The van der Waals surface area contributed by atoms with Gasteiger partial charge in [-0.25, -0.2) is 18.5 Å². The summed E-state index contributed by atoms with van der Waals surface area (Å²) >= 11 is 0. The first-order chi connectivity index (χ1) is 5.91. The molecule has 0 bridgehead atoms. The Morgan fingerprint density at radius 3 is 2.46 bits per heavy atom. The van der Waals surface area contributed by atoms with E-state index in [1.165, 1.54) is 6.20 Å². The summed E-state index contributed by atoms with van der Waals surface area (Å²) < 4.78 is 21.7. The molecular formula is C6H10N4O2S. The van der Waals surface area contributed by atoms with Gasteiger partial charge in [0.15, 0.2) is 5.03 Å². The van der Waals surface area contributed by atoms with Crippen LogP contribution in [-0.4, -0.2) is 32.5 Å². The van der Waals surface area contributed by atoms with E-state index >= 15 is 0 Å². The van der Waals surface area contributed by atoms with Gasteiger partial charge in [-0.15, -0.1) is 0 Å². The fourth-order valence-corrected chi connectivity index (χ4v) is 1.12. The van der Waals surface area contributed by atoms with Crippen molar-refractivity contribution in [3.8, 4) is 0 Å². The van der Waals surface area contributed by atoms with E-state index in [-0.39, 0.29) is 5.03 Å². The number of sulfonamides is 1. The lowest BCUT2D eigenvalue weighted by Gasteiger charge is -2.10. The molecule has 13 heavy (non-hydrogen) atoms. The number of hydrogen-bond donors (Lipinski definition) is 1. The Bertz CT molecular complexity index is 401. The van der Waals surface area contributed by atoms with Gasteiger partial charge in [-0.1, -0.05) is 0 Å². The minimum Gasteiger partial charge on any atom is -0.361 e. The highest BCUT2D eigenvalue weighted by Crippen LogP contribution is 2.07. The Morgan fingerprint density at radius 2 is 2.00 bits per heavy atom. The number of nitrogens with zero attached hydrogens (tertiary/aromatic N) is 3. The monoisotopic (exact) mass is 202 g/mol. The maximum atomic E-state index is 10.9. The topological polar surface area (TPSA) is 89.2 Å². The second-order valence-corrected chi connectivity index (χ2v) is 4.16. The lowest BCUT2D eigenvalue weighted by atomic mass is 10.6. The third kappa shape index (κ3) is 2.36. The Balaban J connectivity index is 3.21. The molecule has 6 nitrogen and oxygen atoms in total. The average molecular weight is 202 g/mol. The summed E-state index contributed by atoms with van der Waals surface area (Å²) in [4.78, 5) is 9.14. The molecule has 0 saturated heterocycles. The molecule has 1 heterocycles. The van der Waals surface area contributed by atoms with E-state index in [0.717, 1.165) is 6.20 Å². The van der Waals surface area contributed by atoms with Crippen LogP contribution in [0.25, 0.3) is 0 Å². The minimum atomic E-state index is -3.76. The number of rotatable bonds is 2. The van der Waals surface area contributed by atoms with Crippen LogP contribution in [-0.2, 0) is 10.0 Å². The molecule has 0 radical (unpaired) electrons. The summed E-state index contributed by atoms with van der Waals surface area (Å²) in [7, 11) is -0.293. The van der Waals surface area contributed by atoms with Gasteiger partial charge in [0, 0.05) is 14.1 Å². The minimum absolute atomic E-state index is 0.223. The number of anilines is 1. The zero-order valence-electron chi connectivity index (χ0n) is 7.30. The molecule has 0 spiro atoms. The normalized spacial score (nSPS) is 11.3. The smallest absolute Gasteiger partial charge is 0.257 e. The van der Waals surface area contributed by atoms with Gasteiger partial charge in [0.05, 0.1) is 12.4 Å². The Morgan fingerprint density at radius 1 is 1.38 bits per heavy atom. The van der Waals surface area contributed by atoms with Crippen molar-refractivity contribution in [3.05, 3.63) is 12.4 Å². The van der Waals surface area contributed by atoms with Crippen LogP contribution in [0.2, 0.25) is 0 Å². The SMILES string of the molecule is CN(C)c1cncc(S(N)(=O)=O)n1. The molecule has 2 N–H and O–H groups in total. The predicted octanol–water partition coefficient (Wildman–Crippen LogP) is -0.810. The van der Waals surface area contributed by atoms with Crippen molar-refractivity contribution in [2.24, 2.45) is 5.14 Å². The largest absolute Gasteiger partial charge is 0.361 e. The summed E-state index contributed by atoms with van der Waals surface area (Å²) in [6, 6.07) is 0. The van der Waals surface area contributed by atoms with Gasteiger partial charge in [-0.2, -0.15) is 0 Å². The van der Waals surface area contributed by atoms with E-state index in [1.807, 2.05) is 0 Å². The van der Waals surface area contributed by atoms with Gasteiger partial charge in [0.1, 0.15) is 5.82 Å².